The number of ether oxygens (including phenoxy) is 1. The fourth-order valence-corrected chi connectivity index (χ4v) is 1.32. The lowest BCUT2D eigenvalue weighted by Crippen LogP contribution is -1.97. The van der Waals surface area contributed by atoms with Gasteiger partial charge in [-0.2, -0.15) is 4.98 Å². The monoisotopic (exact) mass is 230 g/mol. The first-order chi connectivity index (χ1) is 8.38. The molecule has 0 radical (unpaired) electrons. The van der Waals surface area contributed by atoms with E-state index >= 15 is 0 Å². The van der Waals surface area contributed by atoms with Crippen LogP contribution in [0.3, 0.4) is 0 Å². The number of hydrogen-bond acceptors (Lipinski definition) is 4. The predicted molar refractivity (Wildman–Crippen MR) is 65.4 cm³/mol. The Hall–Kier alpha value is -2.07. The molecule has 2 aromatic rings. The predicted octanol–water partition coefficient (Wildman–Crippen LogP) is 2.23. The van der Waals surface area contributed by atoms with Gasteiger partial charge in [0.2, 0.25) is 0 Å². The third-order valence-electron chi connectivity index (χ3n) is 2.15. The maximum atomic E-state index is 5.40. The number of benzene rings is 1. The summed E-state index contributed by atoms with van der Waals surface area (Å²) in [4.78, 5) is 4.03. The van der Waals surface area contributed by atoms with E-state index in [0.29, 0.717) is 18.8 Å². The zero-order valence-corrected chi connectivity index (χ0v) is 9.37. The largest absolute Gasteiger partial charge is 0.446 e. The van der Waals surface area contributed by atoms with Crippen LogP contribution in [0.25, 0.3) is 6.08 Å². The summed E-state index contributed by atoms with van der Waals surface area (Å²) in [5, 5.41) is 0. The number of oxazole rings is 1. The Bertz CT molecular complexity index is 477. The van der Waals surface area contributed by atoms with Crippen LogP contribution in [0.4, 0.5) is 0 Å². The van der Waals surface area contributed by atoms with Gasteiger partial charge < -0.3 is 14.9 Å². The van der Waals surface area contributed by atoms with E-state index in [9.17, 15) is 0 Å². The van der Waals surface area contributed by atoms with Crippen molar-refractivity contribution in [2.75, 3.05) is 6.61 Å². The molecule has 17 heavy (non-hydrogen) atoms. The lowest BCUT2D eigenvalue weighted by Gasteiger charge is -1.95. The number of nitrogens with zero attached hydrogens (tertiary/aromatic N) is 1. The highest BCUT2D eigenvalue weighted by molar-refractivity contribution is 5.48. The van der Waals surface area contributed by atoms with Crippen molar-refractivity contribution in [3.8, 4) is 6.08 Å². The average Bonchev–Trinajstić information content (AvgIpc) is 2.84. The van der Waals surface area contributed by atoms with Gasteiger partial charge in [0.15, 0.2) is 0 Å². The molecule has 0 atom stereocenters. The normalized spacial score (nSPS) is 10.9. The summed E-state index contributed by atoms with van der Waals surface area (Å²) in [5.74, 6) is 0. The van der Waals surface area contributed by atoms with Gasteiger partial charge in [0.25, 0.3) is 0 Å². The first-order valence-corrected chi connectivity index (χ1v) is 5.37. The van der Waals surface area contributed by atoms with Crippen LogP contribution in [-0.2, 0) is 6.54 Å². The molecule has 1 aromatic heterocycles. The van der Waals surface area contributed by atoms with E-state index < -0.39 is 0 Å². The van der Waals surface area contributed by atoms with Crippen LogP contribution in [0, 0.1) is 0 Å². The van der Waals surface area contributed by atoms with Gasteiger partial charge in [-0.25, -0.2) is 0 Å². The lowest BCUT2D eigenvalue weighted by molar-refractivity contribution is 0.259. The minimum absolute atomic E-state index is 0.253. The second-order valence-corrected chi connectivity index (χ2v) is 3.43. The van der Waals surface area contributed by atoms with Crippen LogP contribution in [0.5, 0.6) is 6.08 Å². The summed E-state index contributed by atoms with van der Waals surface area (Å²) >= 11 is 0. The van der Waals surface area contributed by atoms with Crippen LogP contribution in [0.2, 0.25) is 0 Å². The van der Waals surface area contributed by atoms with E-state index in [0.717, 1.165) is 5.56 Å². The van der Waals surface area contributed by atoms with Crippen molar-refractivity contribution in [1.29, 1.82) is 0 Å². The zero-order valence-electron chi connectivity index (χ0n) is 9.37. The highest BCUT2D eigenvalue weighted by Crippen LogP contribution is 2.09. The van der Waals surface area contributed by atoms with Crippen molar-refractivity contribution >= 4 is 6.08 Å². The van der Waals surface area contributed by atoms with Crippen molar-refractivity contribution in [2.24, 2.45) is 5.73 Å². The summed E-state index contributed by atoms with van der Waals surface area (Å²) in [6.07, 6.45) is 5.63. The molecule has 4 nitrogen and oxygen atoms in total. The van der Waals surface area contributed by atoms with Crippen LogP contribution < -0.4 is 10.5 Å². The van der Waals surface area contributed by atoms with Crippen LogP contribution in [-0.4, -0.2) is 11.6 Å². The molecule has 0 fully saturated rings. The molecular weight excluding hydrogens is 216 g/mol. The first kappa shape index (κ1) is 11.4. The molecule has 0 amide bonds. The number of hydrogen-bond donors (Lipinski definition) is 1. The van der Waals surface area contributed by atoms with Gasteiger partial charge in [0.05, 0.1) is 5.69 Å². The number of rotatable bonds is 5. The van der Waals surface area contributed by atoms with E-state index in [-0.39, 0.29) is 6.08 Å². The first-order valence-electron chi connectivity index (χ1n) is 5.37. The zero-order chi connectivity index (χ0) is 11.9. The Morgan fingerprint density at radius 1 is 1.29 bits per heavy atom. The van der Waals surface area contributed by atoms with Crippen LogP contribution in [0.15, 0.2) is 47.1 Å². The summed E-state index contributed by atoms with van der Waals surface area (Å²) < 4.78 is 10.4. The molecule has 88 valence electrons. The minimum Gasteiger partial charge on any atom is -0.446 e. The molecule has 2 N–H and O–H groups in total. The molecule has 0 aliphatic rings. The average molecular weight is 230 g/mol. The maximum absolute atomic E-state index is 5.40. The Morgan fingerprint density at radius 2 is 2.12 bits per heavy atom. The second kappa shape index (κ2) is 5.86. The SMILES string of the molecule is NCc1coc(OC/C=C/c2ccccc2)n1. The van der Waals surface area contributed by atoms with E-state index in [1.807, 2.05) is 42.5 Å². The van der Waals surface area contributed by atoms with Gasteiger partial charge in [0.1, 0.15) is 12.9 Å². The molecule has 0 unspecified atom stereocenters. The third-order valence-corrected chi connectivity index (χ3v) is 2.15. The van der Waals surface area contributed by atoms with Crippen LogP contribution >= 0.6 is 0 Å². The van der Waals surface area contributed by atoms with Crippen LogP contribution in [0.1, 0.15) is 11.3 Å². The van der Waals surface area contributed by atoms with Gasteiger partial charge >= 0.3 is 6.08 Å². The van der Waals surface area contributed by atoms with Gasteiger partial charge in [-0.3, -0.25) is 0 Å². The van der Waals surface area contributed by atoms with Crippen molar-refractivity contribution in [3.05, 3.63) is 53.9 Å². The van der Waals surface area contributed by atoms with Crippen molar-refractivity contribution < 1.29 is 9.15 Å². The topological polar surface area (TPSA) is 61.3 Å². The Morgan fingerprint density at radius 3 is 2.82 bits per heavy atom. The second-order valence-electron chi connectivity index (χ2n) is 3.43. The number of aromatic nitrogens is 1. The van der Waals surface area contributed by atoms with Crippen molar-refractivity contribution in [1.82, 2.24) is 4.98 Å². The minimum atomic E-state index is 0.253. The molecule has 2 rings (SSSR count). The van der Waals surface area contributed by atoms with Gasteiger partial charge in [0, 0.05) is 6.54 Å². The lowest BCUT2D eigenvalue weighted by atomic mass is 10.2. The molecule has 0 aliphatic heterocycles. The van der Waals surface area contributed by atoms with E-state index in [1.165, 1.54) is 6.26 Å². The molecule has 4 heteroatoms. The molecule has 0 saturated carbocycles. The fraction of sp³-hybridized carbons (Fsp3) is 0.154. The summed E-state index contributed by atoms with van der Waals surface area (Å²) in [6.45, 7) is 0.770. The molecule has 1 heterocycles. The van der Waals surface area contributed by atoms with E-state index in [2.05, 4.69) is 4.98 Å². The summed E-state index contributed by atoms with van der Waals surface area (Å²) in [5.41, 5.74) is 7.22. The van der Waals surface area contributed by atoms with Gasteiger partial charge in [-0.05, 0) is 11.6 Å². The molecule has 0 aliphatic carbocycles. The molecule has 1 aromatic carbocycles. The van der Waals surface area contributed by atoms with Crippen molar-refractivity contribution in [3.63, 3.8) is 0 Å². The molecular formula is C13H14N2O2. The number of nitrogens with two attached hydrogens (primary N) is 1. The van der Waals surface area contributed by atoms with E-state index in [1.54, 1.807) is 0 Å². The maximum Gasteiger partial charge on any atom is 0.394 e. The van der Waals surface area contributed by atoms with Gasteiger partial charge in [-0.1, -0.05) is 36.4 Å². The Kier molecular flexibility index (Phi) is 3.94. The van der Waals surface area contributed by atoms with E-state index in [4.69, 9.17) is 14.9 Å². The van der Waals surface area contributed by atoms with Gasteiger partial charge in [-0.15, -0.1) is 0 Å². The Balaban J connectivity index is 1.81. The molecule has 0 spiro atoms. The summed E-state index contributed by atoms with van der Waals surface area (Å²) in [7, 11) is 0. The fourth-order valence-electron chi connectivity index (χ4n) is 1.32. The Labute approximate surface area is 99.7 Å². The van der Waals surface area contributed by atoms with Crippen molar-refractivity contribution in [2.45, 2.75) is 6.54 Å². The third kappa shape index (κ3) is 3.46. The summed E-state index contributed by atoms with van der Waals surface area (Å²) in [6, 6.07) is 10.0. The smallest absolute Gasteiger partial charge is 0.394 e. The highest BCUT2D eigenvalue weighted by atomic mass is 16.6. The molecule has 0 bridgehead atoms. The standard InChI is InChI=1S/C13H14N2O2/c14-9-12-10-17-13(15-12)16-8-4-7-11-5-2-1-3-6-11/h1-7,10H,8-9,14H2/b7-4+. The quantitative estimate of drug-likeness (QED) is 0.855. The highest BCUT2D eigenvalue weighted by Gasteiger charge is 2.01. The molecule has 0 saturated heterocycles.